The van der Waals surface area contributed by atoms with E-state index in [1.807, 2.05) is 13.0 Å². The number of halogens is 5. The zero-order valence-electron chi connectivity index (χ0n) is 12.4. The van der Waals surface area contributed by atoms with Gasteiger partial charge in [0.1, 0.15) is 5.56 Å². The third kappa shape index (κ3) is 2.44. The highest BCUT2D eigenvalue weighted by Gasteiger charge is 2.29. The number of hydrogen-bond donors (Lipinski definition) is 0. The van der Waals surface area contributed by atoms with Gasteiger partial charge in [0.2, 0.25) is 11.7 Å². The fourth-order valence-corrected chi connectivity index (χ4v) is 2.19. The number of aromatic nitrogens is 2. The van der Waals surface area contributed by atoms with E-state index in [0.29, 0.717) is 5.56 Å². The first-order valence-electron chi connectivity index (χ1n) is 6.74. The summed E-state index contributed by atoms with van der Waals surface area (Å²) in [7, 11) is 0. The van der Waals surface area contributed by atoms with E-state index in [-0.39, 0.29) is 5.89 Å². The quantitative estimate of drug-likeness (QED) is 0.385. The largest absolute Gasteiger partial charge is 0.416 e. The number of hydrogen-bond acceptors (Lipinski definition) is 3. The van der Waals surface area contributed by atoms with Crippen LogP contribution in [0.15, 0.2) is 22.6 Å². The van der Waals surface area contributed by atoms with Gasteiger partial charge in [0.25, 0.3) is 5.89 Å². The Bertz CT molecular complexity index is 923. The molecule has 3 nitrogen and oxygen atoms in total. The third-order valence-electron chi connectivity index (χ3n) is 3.47. The van der Waals surface area contributed by atoms with Crippen molar-refractivity contribution < 1.29 is 26.4 Å². The Labute approximate surface area is 132 Å². The first-order chi connectivity index (χ1) is 11.3. The molecule has 124 valence electrons. The van der Waals surface area contributed by atoms with Crippen molar-refractivity contribution in [1.29, 1.82) is 0 Å². The van der Waals surface area contributed by atoms with Gasteiger partial charge in [0, 0.05) is 5.56 Å². The number of nitrogens with zero attached hydrogens (tertiary/aromatic N) is 2. The minimum absolute atomic E-state index is 0.0878. The van der Waals surface area contributed by atoms with Crippen LogP contribution >= 0.6 is 0 Å². The second-order valence-corrected chi connectivity index (χ2v) is 5.18. The maximum absolute atomic E-state index is 13.8. The van der Waals surface area contributed by atoms with Crippen molar-refractivity contribution in [3.63, 3.8) is 0 Å². The van der Waals surface area contributed by atoms with E-state index in [4.69, 9.17) is 4.42 Å². The van der Waals surface area contributed by atoms with Gasteiger partial charge in [-0.15, -0.1) is 10.2 Å². The lowest BCUT2D eigenvalue weighted by Crippen LogP contribution is -2.04. The average Bonchev–Trinajstić information content (AvgIpc) is 3.03. The Balaban J connectivity index is 2.18. The van der Waals surface area contributed by atoms with E-state index in [1.165, 1.54) is 0 Å². The van der Waals surface area contributed by atoms with Crippen LogP contribution in [0, 0.1) is 42.9 Å². The third-order valence-corrected chi connectivity index (χ3v) is 3.47. The molecule has 0 aliphatic heterocycles. The van der Waals surface area contributed by atoms with Gasteiger partial charge in [0.15, 0.2) is 23.3 Å². The lowest BCUT2D eigenvalue weighted by atomic mass is 10.1. The summed E-state index contributed by atoms with van der Waals surface area (Å²) in [6.07, 6.45) is 0. The van der Waals surface area contributed by atoms with Gasteiger partial charge in [-0.25, -0.2) is 22.0 Å². The second kappa shape index (κ2) is 5.70. The monoisotopic (exact) mass is 340 g/mol. The van der Waals surface area contributed by atoms with Crippen molar-refractivity contribution >= 4 is 0 Å². The average molecular weight is 340 g/mol. The molecule has 1 aromatic heterocycles. The predicted octanol–water partition coefficient (Wildman–Crippen LogP) is 4.72. The van der Waals surface area contributed by atoms with Crippen molar-refractivity contribution in [3.8, 4) is 22.9 Å². The Morgan fingerprint density at radius 1 is 0.750 bits per heavy atom. The van der Waals surface area contributed by atoms with Crippen LogP contribution in [-0.2, 0) is 0 Å². The zero-order chi connectivity index (χ0) is 17.6. The predicted molar refractivity (Wildman–Crippen MR) is 74.4 cm³/mol. The Hall–Kier alpha value is -2.77. The summed E-state index contributed by atoms with van der Waals surface area (Å²) >= 11 is 0. The van der Waals surface area contributed by atoms with E-state index in [2.05, 4.69) is 10.2 Å². The summed E-state index contributed by atoms with van der Waals surface area (Å²) in [5, 5.41) is 7.05. The summed E-state index contributed by atoms with van der Waals surface area (Å²) in [5.41, 5.74) is 0.855. The Kier molecular flexibility index (Phi) is 3.82. The Morgan fingerprint density at radius 2 is 1.29 bits per heavy atom. The van der Waals surface area contributed by atoms with Crippen LogP contribution in [-0.4, -0.2) is 10.2 Å². The van der Waals surface area contributed by atoms with Crippen molar-refractivity contribution in [2.45, 2.75) is 13.8 Å². The molecule has 0 spiro atoms. The molecule has 2 aromatic carbocycles. The second-order valence-electron chi connectivity index (χ2n) is 5.18. The van der Waals surface area contributed by atoms with E-state index in [0.717, 1.165) is 11.1 Å². The molecule has 0 fully saturated rings. The molecule has 0 bridgehead atoms. The molecule has 0 saturated heterocycles. The van der Waals surface area contributed by atoms with E-state index in [9.17, 15) is 22.0 Å². The topological polar surface area (TPSA) is 38.9 Å². The van der Waals surface area contributed by atoms with E-state index >= 15 is 0 Å². The van der Waals surface area contributed by atoms with Gasteiger partial charge in [-0.2, -0.15) is 0 Å². The molecule has 0 atom stereocenters. The molecule has 0 amide bonds. The normalized spacial score (nSPS) is 11.1. The highest BCUT2D eigenvalue weighted by molar-refractivity contribution is 5.62. The SMILES string of the molecule is Cc1ccc(C)c(-c2nnc(-c3c(F)c(F)c(F)c(F)c3F)o2)c1. The summed E-state index contributed by atoms with van der Waals surface area (Å²) in [6.45, 7) is 3.56. The van der Waals surface area contributed by atoms with Crippen molar-refractivity contribution in [2.75, 3.05) is 0 Å². The van der Waals surface area contributed by atoms with Gasteiger partial charge in [0.05, 0.1) is 0 Å². The van der Waals surface area contributed by atoms with Crippen molar-refractivity contribution in [3.05, 3.63) is 58.4 Å². The summed E-state index contributed by atoms with van der Waals surface area (Å²) in [5.74, 6) is -11.3. The minimum atomic E-state index is -2.25. The Morgan fingerprint density at radius 3 is 1.92 bits per heavy atom. The molecule has 0 unspecified atom stereocenters. The van der Waals surface area contributed by atoms with Crippen LogP contribution in [0.25, 0.3) is 22.9 Å². The molecule has 0 saturated carbocycles. The fourth-order valence-electron chi connectivity index (χ4n) is 2.19. The van der Waals surface area contributed by atoms with Gasteiger partial charge >= 0.3 is 0 Å². The fraction of sp³-hybridized carbons (Fsp3) is 0.125. The smallest absolute Gasteiger partial charge is 0.254 e. The molecular weight excluding hydrogens is 331 g/mol. The summed E-state index contributed by atoms with van der Waals surface area (Å²) in [6, 6.07) is 5.30. The lowest BCUT2D eigenvalue weighted by Gasteiger charge is -2.04. The van der Waals surface area contributed by atoms with Gasteiger partial charge in [-0.05, 0) is 25.5 Å². The zero-order valence-corrected chi connectivity index (χ0v) is 12.4. The first-order valence-corrected chi connectivity index (χ1v) is 6.74. The van der Waals surface area contributed by atoms with Gasteiger partial charge in [-0.1, -0.05) is 17.7 Å². The van der Waals surface area contributed by atoms with E-state index in [1.54, 1.807) is 19.1 Å². The van der Waals surface area contributed by atoms with Crippen LogP contribution in [0.4, 0.5) is 22.0 Å². The molecule has 0 aliphatic carbocycles. The van der Waals surface area contributed by atoms with Crippen molar-refractivity contribution in [2.24, 2.45) is 0 Å². The number of benzene rings is 2. The maximum Gasteiger partial charge on any atom is 0.254 e. The first kappa shape index (κ1) is 16.1. The van der Waals surface area contributed by atoms with E-state index < -0.39 is 40.5 Å². The summed E-state index contributed by atoms with van der Waals surface area (Å²) in [4.78, 5) is 0. The molecule has 0 N–H and O–H groups in total. The molecule has 8 heteroatoms. The van der Waals surface area contributed by atoms with Crippen LogP contribution in [0.1, 0.15) is 11.1 Å². The van der Waals surface area contributed by atoms with Crippen molar-refractivity contribution in [1.82, 2.24) is 10.2 Å². The molecule has 3 aromatic rings. The highest BCUT2D eigenvalue weighted by atomic mass is 19.2. The number of aryl methyl sites for hydroxylation is 2. The van der Waals surface area contributed by atoms with Gasteiger partial charge in [-0.3, -0.25) is 0 Å². The molecule has 1 heterocycles. The summed E-state index contributed by atoms with van der Waals surface area (Å²) < 4.78 is 72.4. The van der Waals surface area contributed by atoms with Gasteiger partial charge < -0.3 is 4.42 Å². The highest BCUT2D eigenvalue weighted by Crippen LogP contribution is 2.33. The molecule has 24 heavy (non-hydrogen) atoms. The van der Waals surface area contributed by atoms with Crippen LogP contribution in [0.5, 0.6) is 0 Å². The molecule has 3 rings (SSSR count). The molecular formula is C16H9F5N2O. The molecule has 0 radical (unpaired) electrons. The van der Waals surface area contributed by atoms with Crippen LogP contribution in [0.2, 0.25) is 0 Å². The number of rotatable bonds is 2. The van der Waals surface area contributed by atoms with Crippen LogP contribution < -0.4 is 0 Å². The molecule has 0 aliphatic rings. The lowest BCUT2D eigenvalue weighted by molar-refractivity contribution is 0.378. The standard InChI is InChI=1S/C16H9F5N2O/c1-6-3-4-7(2)8(5-6)15-22-23-16(24-15)9-10(17)12(19)14(21)13(20)11(9)18/h3-5H,1-2H3. The minimum Gasteiger partial charge on any atom is -0.416 e. The van der Waals surface area contributed by atoms with Crippen LogP contribution in [0.3, 0.4) is 0 Å². The maximum atomic E-state index is 13.8.